The molecule has 0 atom stereocenters. The Labute approximate surface area is 72.5 Å². The zero-order valence-corrected chi connectivity index (χ0v) is 7.19. The number of carbonyl (C=O) groups is 1. The lowest BCUT2D eigenvalue weighted by Crippen LogP contribution is -2.43. The Balaban J connectivity index is 0.000001000. The van der Waals surface area contributed by atoms with Gasteiger partial charge in [-0.05, 0) is 12.8 Å². The molecule has 0 aromatic rings. The predicted octanol–water partition coefficient (Wildman–Crippen LogP) is -0.506. The van der Waals surface area contributed by atoms with Gasteiger partial charge in [-0.25, -0.2) is 5.01 Å². The summed E-state index contributed by atoms with van der Waals surface area (Å²) in [7, 11) is 0. The van der Waals surface area contributed by atoms with Crippen LogP contribution in [0.15, 0.2) is 0 Å². The number of nitrogens with one attached hydrogen (secondary N) is 1. The van der Waals surface area contributed by atoms with E-state index in [2.05, 4.69) is 5.43 Å². The van der Waals surface area contributed by atoms with Crippen LogP contribution in [0, 0.1) is 0 Å². The van der Waals surface area contributed by atoms with E-state index in [0.29, 0.717) is 0 Å². The number of nitrogens with two attached hydrogens (primary N) is 1. The summed E-state index contributed by atoms with van der Waals surface area (Å²) in [5, 5.41) is 1.91. The molecule has 1 aliphatic rings. The standard InChI is InChI=1S/C6H13N3O.ClH/c7-5-6(10)8-9-3-1-2-4-9;/h1-5,7H2,(H,8,10);1H. The van der Waals surface area contributed by atoms with Gasteiger partial charge in [0, 0.05) is 13.1 Å². The van der Waals surface area contributed by atoms with Crippen molar-refractivity contribution in [2.45, 2.75) is 12.8 Å². The molecule has 0 aliphatic carbocycles. The Morgan fingerprint density at radius 2 is 2.00 bits per heavy atom. The summed E-state index contributed by atoms with van der Waals surface area (Å²) in [5.74, 6) is -0.0955. The third-order valence-corrected chi connectivity index (χ3v) is 1.57. The number of hydrogen-bond acceptors (Lipinski definition) is 3. The summed E-state index contributed by atoms with van der Waals surface area (Å²) in [6, 6.07) is 0. The largest absolute Gasteiger partial charge is 0.322 e. The number of nitrogens with zero attached hydrogens (tertiary/aromatic N) is 1. The van der Waals surface area contributed by atoms with Gasteiger partial charge in [0.05, 0.1) is 6.54 Å². The van der Waals surface area contributed by atoms with E-state index in [1.807, 2.05) is 5.01 Å². The fourth-order valence-corrected chi connectivity index (χ4v) is 1.05. The fourth-order valence-electron chi connectivity index (χ4n) is 1.05. The van der Waals surface area contributed by atoms with E-state index in [1.165, 1.54) is 12.8 Å². The highest BCUT2D eigenvalue weighted by Crippen LogP contribution is 2.02. The minimum Gasteiger partial charge on any atom is -0.322 e. The first-order chi connectivity index (χ1) is 4.83. The first-order valence-corrected chi connectivity index (χ1v) is 3.57. The molecule has 3 N–H and O–H groups in total. The first-order valence-electron chi connectivity index (χ1n) is 3.57. The van der Waals surface area contributed by atoms with Gasteiger partial charge >= 0.3 is 0 Å². The molecule has 1 aliphatic heterocycles. The molecule has 1 rings (SSSR count). The molecule has 0 bridgehead atoms. The molecule has 66 valence electrons. The molecule has 5 heteroatoms. The molecule has 11 heavy (non-hydrogen) atoms. The average Bonchev–Trinajstić information content (AvgIpc) is 2.40. The van der Waals surface area contributed by atoms with E-state index in [0.717, 1.165) is 13.1 Å². The highest BCUT2D eigenvalue weighted by Gasteiger charge is 2.12. The van der Waals surface area contributed by atoms with Crippen LogP contribution in [-0.2, 0) is 4.79 Å². The van der Waals surface area contributed by atoms with Crippen LogP contribution in [0.3, 0.4) is 0 Å². The summed E-state index contributed by atoms with van der Waals surface area (Å²) in [6.45, 7) is 2.01. The normalized spacial score (nSPS) is 17.5. The molecule has 0 aromatic carbocycles. The van der Waals surface area contributed by atoms with Gasteiger partial charge in [0.2, 0.25) is 5.91 Å². The smallest absolute Gasteiger partial charge is 0.248 e. The minimum absolute atomic E-state index is 0. The summed E-state index contributed by atoms with van der Waals surface area (Å²) in [6.07, 6.45) is 2.34. The number of amides is 1. The first kappa shape index (κ1) is 10.7. The molecule has 0 aromatic heterocycles. The minimum atomic E-state index is -0.0955. The van der Waals surface area contributed by atoms with E-state index in [9.17, 15) is 4.79 Å². The Morgan fingerprint density at radius 3 is 2.45 bits per heavy atom. The Kier molecular flexibility index (Phi) is 5.19. The van der Waals surface area contributed by atoms with Gasteiger partial charge in [-0.3, -0.25) is 10.2 Å². The molecular formula is C6H14ClN3O. The lowest BCUT2D eigenvalue weighted by molar-refractivity contribution is -0.124. The molecular weight excluding hydrogens is 166 g/mol. The van der Waals surface area contributed by atoms with Crippen molar-refractivity contribution in [1.82, 2.24) is 10.4 Å². The topological polar surface area (TPSA) is 58.4 Å². The quantitative estimate of drug-likeness (QED) is 0.601. The van der Waals surface area contributed by atoms with Crippen molar-refractivity contribution in [1.29, 1.82) is 0 Å². The third-order valence-electron chi connectivity index (χ3n) is 1.57. The molecule has 0 saturated carbocycles. The van der Waals surface area contributed by atoms with Crippen LogP contribution in [0.5, 0.6) is 0 Å². The monoisotopic (exact) mass is 179 g/mol. The maximum Gasteiger partial charge on any atom is 0.248 e. The van der Waals surface area contributed by atoms with Crippen molar-refractivity contribution in [3.63, 3.8) is 0 Å². The molecule has 0 spiro atoms. The summed E-state index contributed by atoms with van der Waals surface area (Å²) < 4.78 is 0. The third kappa shape index (κ3) is 3.55. The Hall–Kier alpha value is -0.320. The van der Waals surface area contributed by atoms with Gasteiger partial charge in [-0.15, -0.1) is 12.4 Å². The summed E-state index contributed by atoms with van der Waals surface area (Å²) >= 11 is 0. The second-order valence-electron chi connectivity index (χ2n) is 2.43. The second kappa shape index (κ2) is 5.35. The van der Waals surface area contributed by atoms with Crippen LogP contribution in [-0.4, -0.2) is 30.6 Å². The van der Waals surface area contributed by atoms with E-state index in [-0.39, 0.29) is 24.9 Å². The van der Waals surface area contributed by atoms with Gasteiger partial charge in [-0.2, -0.15) is 0 Å². The van der Waals surface area contributed by atoms with Crippen molar-refractivity contribution in [2.75, 3.05) is 19.6 Å². The summed E-state index contributed by atoms with van der Waals surface area (Å²) in [4.78, 5) is 10.7. The molecule has 0 unspecified atom stereocenters. The number of hydrazine groups is 1. The molecule has 1 amide bonds. The number of halogens is 1. The Bertz CT molecular complexity index is 125. The lowest BCUT2D eigenvalue weighted by atomic mass is 10.4. The Morgan fingerprint density at radius 1 is 1.45 bits per heavy atom. The van der Waals surface area contributed by atoms with Crippen LogP contribution < -0.4 is 11.2 Å². The van der Waals surface area contributed by atoms with Crippen LogP contribution in [0.4, 0.5) is 0 Å². The van der Waals surface area contributed by atoms with Crippen molar-refractivity contribution < 1.29 is 4.79 Å². The average molecular weight is 180 g/mol. The van der Waals surface area contributed by atoms with Gasteiger partial charge in [0.25, 0.3) is 0 Å². The van der Waals surface area contributed by atoms with Crippen LogP contribution in [0.1, 0.15) is 12.8 Å². The van der Waals surface area contributed by atoms with Crippen LogP contribution in [0.2, 0.25) is 0 Å². The number of carbonyl (C=O) groups excluding carboxylic acids is 1. The number of hydrogen-bond donors (Lipinski definition) is 2. The molecule has 4 nitrogen and oxygen atoms in total. The maximum absolute atomic E-state index is 10.7. The maximum atomic E-state index is 10.7. The number of rotatable bonds is 2. The second-order valence-corrected chi connectivity index (χ2v) is 2.43. The van der Waals surface area contributed by atoms with Crippen molar-refractivity contribution in [2.24, 2.45) is 5.73 Å². The predicted molar refractivity (Wildman–Crippen MR) is 45.3 cm³/mol. The molecule has 1 saturated heterocycles. The van der Waals surface area contributed by atoms with Gasteiger partial charge < -0.3 is 5.73 Å². The lowest BCUT2D eigenvalue weighted by Gasteiger charge is -2.14. The van der Waals surface area contributed by atoms with Crippen molar-refractivity contribution in [3.8, 4) is 0 Å². The van der Waals surface area contributed by atoms with Gasteiger partial charge in [0.15, 0.2) is 0 Å². The molecule has 0 radical (unpaired) electrons. The summed E-state index contributed by atoms with van der Waals surface area (Å²) in [5.41, 5.74) is 7.81. The van der Waals surface area contributed by atoms with E-state index < -0.39 is 0 Å². The highest BCUT2D eigenvalue weighted by molar-refractivity contribution is 5.85. The highest BCUT2D eigenvalue weighted by atomic mass is 35.5. The molecule has 1 fully saturated rings. The van der Waals surface area contributed by atoms with Gasteiger partial charge in [-0.1, -0.05) is 0 Å². The zero-order chi connectivity index (χ0) is 7.40. The SMILES string of the molecule is Cl.NCC(=O)NN1CCCC1. The van der Waals surface area contributed by atoms with E-state index in [4.69, 9.17) is 5.73 Å². The van der Waals surface area contributed by atoms with E-state index >= 15 is 0 Å². The van der Waals surface area contributed by atoms with Crippen LogP contribution >= 0.6 is 12.4 Å². The zero-order valence-electron chi connectivity index (χ0n) is 6.38. The van der Waals surface area contributed by atoms with Gasteiger partial charge in [0.1, 0.15) is 0 Å². The van der Waals surface area contributed by atoms with Crippen LogP contribution in [0.25, 0.3) is 0 Å². The molecule has 1 heterocycles. The van der Waals surface area contributed by atoms with Crippen molar-refractivity contribution in [3.05, 3.63) is 0 Å². The fraction of sp³-hybridized carbons (Fsp3) is 0.833. The van der Waals surface area contributed by atoms with Crippen molar-refractivity contribution >= 4 is 18.3 Å². The van der Waals surface area contributed by atoms with E-state index in [1.54, 1.807) is 0 Å².